The van der Waals surface area contributed by atoms with Gasteiger partial charge in [-0.15, -0.1) is 0 Å². The van der Waals surface area contributed by atoms with Crippen molar-refractivity contribution in [2.45, 2.75) is 6.42 Å². The highest BCUT2D eigenvalue weighted by Crippen LogP contribution is 2.27. The maximum atomic E-state index is 13.1. The summed E-state index contributed by atoms with van der Waals surface area (Å²) in [5.41, 5.74) is 8.54. The Bertz CT molecular complexity index is 864. The lowest BCUT2D eigenvalue weighted by atomic mass is 10.1. The van der Waals surface area contributed by atoms with E-state index in [0.29, 0.717) is 11.9 Å². The Balaban J connectivity index is 1.26. The molecule has 2 aliphatic rings. The third kappa shape index (κ3) is 4.78. The van der Waals surface area contributed by atoms with Gasteiger partial charge in [0.2, 0.25) is 0 Å². The van der Waals surface area contributed by atoms with Gasteiger partial charge in [0.1, 0.15) is 11.6 Å². The number of rotatable bonds is 5. The molecule has 0 amide bonds. The fourth-order valence-corrected chi connectivity index (χ4v) is 4.19. The van der Waals surface area contributed by atoms with E-state index in [9.17, 15) is 4.39 Å². The Morgan fingerprint density at radius 1 is 1.03 bits per heavy atom. The van der Waals surface area contributed by atoms with Gasteiger partial charge in [0.25, 0.3) is 0 Å². The summed E-state index contributed by atoms with van der Waals surface area (Å²) in [5, 5.41) is 0. The highest BCUT2D eigenvalue weighted by molar-refractivity contribution is 5.78. The van der Waals surface area contributed by atoms with Gasteiger partial charge >= 0.3 is 0 Å². The molecule has 6 nitrogen and oxygen atoms in total. The third-order valence-corrected chi connectivity index (χ3v) is 6.01. The van der Waals surface area contributed by atoms with Crippen molar-refractivity contribution in [3.05, 3.63) is 54.3 Å². The molecule has 160 valence electrons. The van der Waals surface area contributed by atoms with Crippen molar-refractivity contribution in [2.75, 3.05) is 62.7 Å². The zero-order valence-corrected chi connectivity index (χ0v) is 17.5. The number of piperazine rings is 1. The Morgan fingerprint density at radius 2 is 1.80 bits per heavy atom. The SMILES string of the molecule is COc1cccc(N2CCC(CN=C(N)N3CCN(c4ccc(F)cc4)CC3)C2)c1. The number of ether oxygens (including phenoxy) is 1. The average molecular weight is 412 g/mol. The van der Waals surface area contributed by atoms with Gasteiger partial charge in [-0.25, -0.2) is 4.39 Å². The minimum Gasteiger partial charge on any atom is -0.497 e. The summed E-state index contributed by atoms with van der Waals surface area (Å²) in [4.78, 5) is 11.5. The molecule has 4 rings (SSSR count). The van der Waals surface area contributed by atoms with E-state index in [-0.39, 0.29) is 5.82 Å². The second-order valence-corrected chi connectivity index (χ2v) is 7.95. The Kier molecular flexibility index (Phi) is 6.26. The molecule has 2 saturated heterocycles. The number of aliphatic imine (C=N–C) groups is 1. The van der Waals surface area contributed by atoms with Crippen molar-refractivity contribution >= 4 is 17.3 Å². The first-order valence-corrected chi connectivity index (χ1v) is 10.6. The van der Waals surface area contributed by atoms with Crippen molar-refractivity contribution in [2.24, 2.45) is 16.6 Å². The Hall–Kier alpha value is -2.96. The molecule has 2 N–H and O–H groups in total. The van der Waals surface area contributed by atoms with Crippen molar-refractivity contribution in [3.8, 4) is 5.75 Å². The summed E-state index contributed by atoms with van der Waals surface area (Å²) in [7, 11) is 1.70. The Labute approximate surface area is 177 Å². The number of hydrogen-bond donors (Lipinski definition) is 1. The van der Waals surface area contributed by atoms with Crippen LogP contribution in [0.5, 0.6) is 5.75 Å². The number of halogens is 1. The molecule has 1 atom stereocenters. The third-order valence-electron chi connectivity index (χ3n) is 6.01. The molecule has 2 heterocycles. The highest BCUT2D eigenvalue weighted by atomic mass is 19.1. The smallest absolute Gasteiger partial charge is 0.191 e. The van der Waals surface area contributed by atoms with Crippen LogP contribution in [-0.2, 0) is 0 Å². The lowest BCUT2D eigenvalue weighted by Gasteiger charge is -2.36. The van der Waals surface area contributed by atoms with Crippen LogP contribution in [0, 0.1) is 11.7 Å². The lowest BCUT2D eigenvalue weighted by Crippen LogP contribution is -2.51. The molecule has 0 bridgehead atoms. The van der Waals surface area contributed by atoms with Crippen LogP contribution in [0.2, 0.25) is 0 Å². The van der Waals surface area contributed by atoms with Crippen LogP contribution in [0.4, 0.5) is 15.8 Å². The Morgan fingerprint density at radius 3 is 2.53 bits per heavy atom. The van der Waals surface area contributed by atoms with Crippen LogP contribution in [-0.4, -0.2) is 63.8 Å². The molecular weight excluding hydrogens is 381 g/mol. The largest absolute Gasteiger partial charge is 0.497 e. The van der Waals surface area contributed by atoms with E-state index in [2.05, 4.69) is 26.8 Å². The molecule has 2 aromatic rings. The molecule has 1 unspecified atom stereocenters. The van der Waals surface area contributed by atoms with Crippen LogP contribution < -0.4 is 20.3 Å². The van der Waals surface area contributed by atoms with Crippen LogP contribution in [0.1, 0.15) is 6.42 Å². The predicted octanol–water partition coefficient (Wildman–Crippen LogP) is 2.80. The maximum absolute atomic E-state index is 13.1. The number of hydrogen-bond acceptors (Lipinski definition) is 4. The first-order valence-electron chi connectivity index (χ1n) is 10.6. The van der Waals surface area contributed by atoms with E-state index < -0.39 is 0 Å². The predicted molar refractivity (Wildman–Crippen MR) is 120 cm³/mol. The summed E-state index contributed by atoms with van der Waals surface area (Å²) in [5.74, 6) is 1.83. The number of benzene rings is 2. The first kappa shape index (κ1) is 20.3. The van der Waals surface area contributed by atoms with Crippen molar-refractivity contribution in [1.82, 2.24) is 4.90 Å². The van der Waals surface area contributed by atoms with E-state index in [1.165, 1.54) is 17.8 Å². The quantitative estimate of drug-likeness (QED) is 0.606. The fraction of sp³-hybridized carbons (Fsp3) is 0.435. The maximum Gasteiger partial charge on any atom is 0.191 e. The second kappa shape index (κ2) is 9.24. The number of nitrogens with two attached hydrogens (primary N) is 1. The molecule has 0 radical (unpaired) electrons. The van der Waals surface area contributed by atoms with E-state index in [1.54, 1.807) is 7.11 Å². The van der Waals surface area contributed by atoms with Gasteiger partial charge < -0.3 is 25.2 Å². The second-order valence-electron chi connectivity index (χ2n) is 7.95. The molecule has 2 aliphatic heterocycles. The van der Waals surface area contributed by atoms with Gasteiger partial charge in [-0.1, -0.05) is 6.07 Å². The van der Waals surface area contributed by atoms with Crippen LogP contribution in [0.15, 0.2) is 53.5 Å². The zero-order chi connectivity index (χ0) is 20.9. The monoisotopic (exact) mass is 411 g/mol. The standard InChI is InChI=1S/C23H30FN5O/c1-30-22-4-2-3-21(15-22)29-10-9-18(17-29)16-26-23(25)28-13-11-27(12-14-28)20-7-5-19(24)6-8-20/h2-8,15,18H,9-14,16-17H2,1H3,(H2,25,26). The van der Waals surface area contributed by atoms with Crippen LogP contribution in [0.3, 0.4) is 0 Å². The fourth-order valence-electron chi connectivity index (χ4n) is 4.19. The normalized spacial score (nSPS) is 20.0. The van der Waals surface area contributed by atoms with Gasteiger partial charge in [-0.2, -0.15) is 0 Å². The molecule has 30 heavy (non-hydrogen) atoms. The van der Waals surface area contributed by atoms with Gasteiger partial charge in [0.15, 0.2) is 5.96 Å². The van der Waals surface area contributed by atoms with E-state index >= 15 is 0 Å². The van der Waals surface area contributed by atoms with Crippen molar-refractivity contribution in [3.63, 3.8) is 0 Å². The summed E-state index contributed by atoms with van der Waals surface area (Å²) in [6, 6.07) is 14.9. The number of guanidine groups is 1. The molecule has 0 spiro atoms. The van der Waals surface area contributed by atoms with Crippen molar-refractivity contribution < 1.29 is 9.13 Å². The minimum absolute atomic E-state index is 0.203. The molecule has 0 aromatic heterocycles. The highest BCUT2D eigenvalue weighted by Gasteiger charge is 2.24. The van der Waals surface area contributed by atoms with E-state index in [1.807, 2.05) is 24.3 Å². The van der Waals surface area contributed by atoms with Gasteiger partial charge in [0.05, 0.1) is 7.11 Å². The van der Waals surface area contributed by atoms with Gasteiger partial charge in [0, 0.05) is 63.3 Å². The topological polar surface area (TPSA) is 57.3 Å². The van der Waals surface area contributed by atoms with E-state index in [0.717, 1.165) is 63.7 Å². The van der Waals surface area contributed by atoms with Gasteiger partial charge in [-0.3, -0.25) is 4.99 Å². The molecule has 2 fully saturated rings. The lowest BCUT2D eigenvalue weighted by molar-refractivity contribution is 0.379. The average Bonchev–Trinajstić information content (AvgIpc) is 3.27. The molecule has 2 aromatic carbocycles. The summed E-state index contributed by atoms with van der Waals surface area (Å²) < 4.78 is 18.5. The summed E-state index contributed by atoms with van der Waals surface area (Å²) in [6.07, 6.45) is 1.12. The zero-order valence-electron chi connectivity index (χ0n) is 17.5. The van der Waals surface area contributed by atoms with Crippen molar-refractivity contribution in [1.29, 1.82) is 0 Å². The molecular formula is C23H30FN5O. The van der Waals surface area contributed by atoms with Gasteiger partial charge in [-0.05, 0) is 48.7 Å². The molecule has 0 aliphatic carbocycles. The molecule has 0 saturated carbocycles. The molecule has 7 heteroatoms. The number of anilines is 2. The summed E-state index contributed by atoms with van der Waals surface area (Å²) >= 11 is 0. The van der Waals surface area contributed by atoms with E-state index in [4.69, 9.17) is 15.5 Å². The van der Waals surface area contributed by atoms with Crippen LogP contribution in [0.25, 0.3) is 0 Å². The first-order chi connectivity index (χ1) is 14.6. The van der Waals surface area contributed by atoms with Crippen LogP contribution >= 0.6 is 0 Å². The number of nitrogens with zero attached hydrogens (tertiary/aromatic N) is 4. The number of methoxy groups -OCH3 is 1. The minimum atomic E-state index is -0.203. The summed E-state index contributed by atoms with van der Waals surface area (Å²) in [6.45, 7) is 6.14.